The molecule has 0 bridgehead atoms. The summed E-state index contributed by atoms with van der Waals surface area (Å²) < 4.78 is 43.8. The second-order valence-corrected chi connectivity index (χ2v) is 12.3. The fourth-order valence-corrected chi connectivity index (χ4v) is 7.38. The molecule has 1 aliphatic heterocycles. The van der Waals surface area contributed by atoms with Crippen LogP contribution in [0.25, 0.3) is 11.1 Å². The molecule has 5 rings (SSSR count). The molecule has 0 radical (unpaired) electrons. The molecule has 1 saturated carbocycles. The molecule has 2 aromatic carbocycles. The molecule has 2 aliphatic rings. The van der Waals surface area contributed by atoms with Crippen molar-refractivity contribution in [3.63, 3.8) is 0 Å². The van der Waals surface area contributed by atoms with E-state index in [0.717, 1.165) is 44.2 Å². The molecule has 200 valence electrons. The van der Waals surface area contributed by atoms with Crippen molar-refractivity contribution in [3.8, 4) is 11.1 Å². The Morgan fingerprint density at radius 3 is 2.45 bits per heavy atom. The summed E-state index contributed by atoms with van der Waals surface area (Å²) in [4.78, 5) is 22.1. The molecule has 0 spiro atoms. The highest BCUT2D eigenvalue weighted by Crippen LogP contribution is 2.44. The van der Waals surface area contributed by atoms with Crippen LogP contribution in [0.2, 0.25) is 5.02 Å². The summed E-state index contributed by atoms with van der Waals surface area (Å²) in [7, 11) is -2.37. The van der Waals surface area contributed by atoms with Gasteiger partial charge in [0.2, 0.25) is 10.0 Å². The Balaban J connectivity index is 1.71. The van der Waals surface area contributed by atoms with Gasteiger partial charge < -0.3 is 10.0 Å². The Hall–Kier alpha value is -3.08. The minimum atomic E-state index is -3.98. The molecule has 1 fully saturated rings. The summed E-state index contributed by atoms with van der Waals surface area (Å²) in [5.41, 5.74) is 1.09. The highest BCUT2D eigenvalue weighted by molar-refractivity contribution is 7.89. The van der Waals surface area contributed by atoms with Crippen LogP contribution in [-0.4, -0.2) is 53.4 Å². The summed E-state index contributed by atoms with van der Waals surface area (Å²) >= 11 is 6.71. The molecule has 0 unspecified atom stereocenters. The van der Waals surface area contributed by atoms with Crippen LogP contribution in [0.5, 0.6) is 0 Å². The molecule has 8 nitrogen and oxygen atoms in total. The third-order valence-electron chi connectivity index (χ3n) is 7.61. The topological polar surface area (TPSA) is 104 Å². The number of aromatic carboxylic acids is 1. The van der Waals surface area contributed by atoms with Crippen LogP contribution in [0.4, 0.5) is 15.8 Å². The molecule has 38 heavy (non-hydrogen) atoms. The Labute approximate surface area is 226 Å². The second kappa shape index (κ2) is 10.2. The fraction of sp³-hybridized carbons (Fsp3) is 0.370. The fourth-order valence-electron chi connectivity index (χ4n) is 5.51. The predicted octanol–water partition coefficient (Wildman–Crippen LogP) is 5.66. The number of rotatable bonds is 4. The van der Waals surface area contributed by atoms with E-state index < -0.39 is 27.4 Å². The summed E-state index contributed by atoms with van der Waals surface area (Å²) in [6, 6.07) is 6.32. The first-order chi connectivity index (χ1) is 18.1. The monoisotopic (exact) mass is 558 g/mol. The number of carboxylic acids is 1. The minimum absolute atomic E-state index is 0.0273. The SMILES string of the molecule is Cc1ncc(N2C[C@@H](C3CCCCC3)N(C)S(=O)(=O)c3cc(-c4ccc(F)c(C(=O)O)c4)c(Cl)cc32)cn1. The van der Waals surface area contributed by atoms with Crippen LogP contribution >= 0.6 is 11.6 Å². The Bertz CT molecular complexity index is 1490. The van der Waals surface area contributed by atoms with Gasteiger partial charge in [-0.25, -0.2) is 27.6 Å². The lowest BCUT2D eigenvalue weighted by Gasteiger charge is -2.36. The molecule has 1 aromatic heterocycles. The molecular formula is C27H28ClFN4O4S. The number of likely N-dealkylation sites (N-methyl/N-ethyl adjacent to an activating group) is 1. The van der Waals surface area contributed by atoms with E-state index in [0.29, 0.717) is 34.9 Å². The molecule has 0 amide bonds. The number of hydrogen-bond acceptors (Lipinski definition) is 6. The smallest absolute Gasteiger partial charge is 0.338 e. The maximum Gasteiger partial charge on any atom is 0.338 e. The molecule has 1 aliphatic carbocycles. The number of fused-ring (bicyclic) bond motifs is 1. The van der Waals surface area contributed by atoms with Crippen LogP contribution in [0, 0.1) is 18.7 Å². The van der Waals surface area contributed by atoms with Crippen LogP contribution in [0.15, 0.2) is 47.6 Å². The van der Waals surface area contributed by atoms with Crippen molar-refractivity contribution in [1.82, 2.24) is 14.3 Å². The maximum atomic E-state index is 14.1. The lowest BCUT2D eigenvalue weighted by atomic mass is 9.83. The molecular weight excluding hydrogens is 531 g/mol. The van der Waals surface area contributed by atoms with E-state index >= 15 is 0 Å². The van der Waals surface area contributed by atoms with E-state index in [9.17, 15) is 22.7 Å². The number of sulfonamides is 1. The Morgan fingerprint density at radius 2 is 1.79 bits per heavy atom. The van der Waals surface area contributed by atoms with Gasteiger partial charge in [-0.2, -0.15) is 4.31 Å². The van der Waals surface area contributed by atoms with E-state index in [4.69, 9.17) is 11.6 Å². The summed E-state index contributed by atoms with van der Waals surface area (Å²) in [6.45, 7) is 2.18. The zero-order valence-electron chi connectivity index (χ0n) is 21.1. The van der Waals surface area contributed by atoms with E-state index in [-0.39, 0.29) is 21.9 Å². The minimum Gasteiger partial charge on any atom is -0.478 e. The normalized spacial score (nSPS) is 20.1. The number of halogens is 2. The van der Waals surface area contributed by atoms with Crippen LogP contribution in [-0.2, 0) is 10.0 Å². The lowest BCUT2D eigenvalue weighted by molar-refractivity contribution is 0.0692. The first kappa shape index (κ1) is 26.5. The summed E-state index contributed by atoms with van der Waals surface area (Å²) in [5.74, 6) is -1.53. The molecule has 3 aromatic rings. The van der Waals surface area contributed by atoms with Gasteiger partial charge in [0, 0.05) is 25.2 Å². The van der Waals surface area contributed by atoms with Gasteiger partial charge in [0.05, 0.1) is 34.4 Å². The number of anilines is 2. The van der Waals surface area contributed by atoms with Crippen LogP contribution in [0.1, 0.15) is 48.3 Å². The van der Waals surface area contributed by atoms with Gasteiger partial charge in [-0.15, -0.1) is 0 Å². The number of nitrogens with zero attached hydrogens (tertiary/aromatic N) is 4. The largest absolute Gasteiger partial charge is 0.478 e. The number of benzene rings is 2. The Morgan fingerprint density at radius 1 is 1.11 bits per heavy atom. The number of aryl methyl sites for hydroxylation is 1. The van der Waals surface area contributed by atoms with Crippen molar-refractivity contribution in [1.29, 1.82) is 0 Å². The number of carboxylic acid groups (broad SMARTS) is 1. The standard InChI is InChI=1S/C27H28ClFN4O4S/c1-16-30-13-19(14-31-16)33-15-25(17-6-4-3-5-7-17)32(2)38(36,37)26-11-20(22(28)12-24(26)33)18-8-9-23(29)21(10-18)27(34)35/h8-14,17,25H,3-7,15H2,1-2H3,(H,34,35)/t25-/m0/s1. The van der Waals surface area contributed by atoms with Crippen molar-refractivity contribution in [2.75, 3.05) is 18.5 Å². The van der Waals surface area contributed by atoms with E-state index in [1.165, 1.54) is 16.4 Å². The molecule has 2 heterocycles. The number of hydrogen-bond donors (Lipinski definition) is 1. The average molecular weight is 559 g/mol. The maximum absolute atomic E-state index is 14.1. The number of aromatic nitrogens is 2. The van der Waals surface area contributed by atoms with Gasteiger partial charge in [-0.1, -0.05) is 36.9 Å². The van der Waals surface area contributed by atoms with Crippen molar-refractivity contribution in [2.24, 2.45) is 5.92 Å². The molecule has 1 atom stereocenters. The zero-order valence-corrected chi connectivity index (χ0v) is 22.6. The Kier molecular flexibility index (Phi) is 7.15. The third-order valence-corrected chi connectivity index (χ3v) is 9.84. The van der Waals surface area contributed by atoms with Gasteiger partial charge in [-0.3, -0.25) is 0 Å². The van der Waals surface area contributed by atoms with Gasteiger partial charge in [-0.05, 0) is 55.5 Å². The third kappa shape index (κ3) is 4.76. The second-order valence-electron chi connectivity index (χ2n) is 9.89. The van der Waals surface area contributed by atoms with Gasteiger partial charge in [0.15, 0.2) is 0 Å². The van der Waals surface area contributed by atoms with Gasteiger partial charge in [0.1, 0.15) is 16.5 Å². The zero-order chi connectivity index (χ0) is 27.2. The van der Waals surface area contributed by atoms with Gasteiger partial charge in [0.25, 0.3) is 0 Å². The molecule has 1 N–H and O–H groups in total. The molecule has 0 saturated heterocycles. The number of carbonyl (C=O) groups is 1. The van der Waals surface area contributed by atoms with Crippen molar-refractivity contribution in [2.45, 2.75) is 50.0 Å². The van der Waals surface area contributed by atoms with Gasteiger partial charge >= 0.3 is 5.97 Å². The first-order valence-corrected chi connectivity index (χ1v) is 14.3. The van der Waals surface area contributed by atoms with E-state index in [1.807, 2.05) is 4.90 Å². The van der Waals surface area contributed by atoms with Crippen molar-refractivity contribution < 1.29 is 22.7 Å². The van der Waals surface area contributed by atoms with Crippen molar-refractivity contribution in [3.05, 3.63) is 65.0 Å². The first-order valence-electron chi connectivity index (χ1n) is 12.5. The quantitative estimate of drug-likeness (QED) is 0.440. The molecule has 11 heteroatoms. The van der Waals surface area contributed by atoms with Crippen LogP contribution in [0.3, 0.4) is 0 Å². The van der Waals surface area contributed by atoms with Crippen LogP contribution < -0.4 is 4.90 Å². The predicted molar refractivity (Wildman–Crippen MR) is 143 cm³/mol. The average Bonchev–Trinajstić information content (AvgIpc) is 2.97. The summed E-state index contributed by atoms with van der Waals surface area (Å²) in [5, 5.41) is 9.60. The van der Waals surface area contributed by atoms with Crippen molar-refractivity contribution >= 4 is 39.0 Å². The lowest BCUT2D eigenvalue weighted by Crippen LogP contribution is -2.46. The highest BCUT2D eigenvalue weighted by atomic mass is 35.5. The van der Waals surface area contributed by atoms with E-state index in [2.05, 4.69) is 9.97 Å². The summed E-state index contributed by atoms with van der Waals surface area (Å²) in [6.07, 6.45) is 8.48. The van der Waals surface area contributed by atoms with E-state index in [1.54, 1.807) is 32.4 Å². The highest BCUT2D eigenvalue weighted by Gasteiger charge is 2.41.